The number of thiazole rings is 2. The summed E-state index contributed by atoms with van der Waals surface area (Å²) in [6.45, 7) is 7.25. The summed E-state index contributed by atoms with van der Waals surface area (Å²) in [5.74, 6) is -0.0479. The predicted molar refractivity (Wildman–Crippen MR) is 108 cm³/mol. The molecular formula is C19H18N4O2S2. The number of pyridine rings is 1. The monoisotopic (exact) mass is 398 g/mol. The van der Waals surface area contributed by atoms with Crippen LogP contribution in [0, 0.1) is 6.92 Å². The van der Waals surface area contributed by atoms with Crippen LogP contribution in [-0.4, -0.2) is 26.6 Å². The molecule has 1 amide bonds. The quantitative estimate of drug-likeness (QED) is 0.608. The number of amides is 1. The largest absolute Gasteiger partial charge is 0.307 e. The summed E-state index contributed by atoms with van der Waals surface area (Å²) in [6, 6.07) is 3.53. The Labute approximate surface area is 165 Å². The zero-order valence-corrected chi connectivity index (χ0v) is 16.6. The van der Waals surface area contributed by atoms with Crippen LogP contribution in [0.3, 0.4) is 0 Å². The summed E-state index contributed by atoms with van der Waals surface area (Å²) >= 11 is 3.00. The molecule has 8 heteroatoms. The van der Waals surface area contributed by atoms with E-state index in [0.717, 1.165) is 26.1 Å². The third-order valence-corrected chi connectivity index (χ3v) is 5.81. The lowest BCUT2D eigenvalue weighted by Gasteiger charge is -2.05. The molecule has 1 unspecified atom stereocenters. The number of rotatable bonds is 7. The number of hydrogen-bond acceptors (Lipinski definition) is 7. The van der Waals surface area contributed by atoms with Gasteiger partial charge in [-0.05, 0) is 32.1 Å². The molecule has 3 heterocycles. The molecule has 0 aliphatic rings. The second-order valence-corrected chi connectivity index (χ2v) is 8.13. The van der Waals surface area contributed by atoms with E-state index in [1.807, 2.05) is 25.3 Å². The molecule has 0 saturated carbocycles. The van der Waals surface area contributed by atoms with Crippen LogP contribution in [0.25, 0.3) is 11.3 Å². The molecule has 0 radical (unpaired) electrons. The summed E-state index contributed by atoms with van der Waals surface area (Å²) in [5.41, 5.74) is 1.58. The zero-order chi connectivity index (χ0) is 19.4. The van der Waals surface area contributed by atoms with Crippen molar-refractivity contribution in [3.63, 3.8) is 0 Å². The van der Waals surface area contributed by atoms with Crippen LogP contribution in [-0.2, 0) is 16.0 Å². The van der Waals surface area contributed by atoms with E-state index in [2.05, 4.69) is 26.8 Å². The molecule has 27 heavy (non-hydrogen) atoms. The highest BCUT2D eigenvalue weighted by Crippen LogP contribution is 2.28. The number of aryl methyl sites for hydroxylation is 1. The number of nitrogens with zero attached hydrogens (tertiary/aromatic N) is 3. The van der Waals surface area contributed by atoms with Crippen molar-refractivity contribution in [3.8, 4) is 11.3 Å². The van der Waals surface area contributed by atoms with E-state index >= 15 is 0 Å². The van der Waals surface area contributed by atoms with E-state index in [1.54, 1.807) is 29.8 Å². The van der Waals surface area contributed by atoms with Crippen molar-refractivity contribution >= 4 is 40.2 Å². The number of aromatic nitrogens is 3. The minimum Gasteiger partial charge on any atom is -0.307 e. The topological polar surface area (TPSA) is 84.8 Å². The van der Waals surface area contributed by atoms with E-state index in [0.29, 0.717) is 12.2 Å². The standard InChI is InChI=1S/C19H18N4O2S2/c1-4-17(25)23-16-6-5-13(9-20-16)14-10-26-19(22-14)12(3)15(24)7-18-21-8-11(2)27-18/h4-6,8-10,12H,1,7H2,2-3H3,(H,20,23,25). The van der Waals surface area contributed by atoms with Crippen LogP contribution in [0.4, 0.5) is 5.82 Å². The van der Waals surface area contributed by atoms with Crippen LogP contribution < -0.4 is 5.32 Å². The van der Waals surface area contributed by atoms with Gasteiger partial charge >= 0.3 is 0 Å². The summed E-state index contributed by atoms with van der Waals surface area (Å²) in [7, 11) is 0. The Hall–Kier alpha value is -2.71. The number of carbonyl (C=O) groups is 2. The van der Waals surface area contributed by atoms with Gasteiger partial charge in [-0.3, -0.25) is 9.59 Å². The van der Waals surface area contributed by atoms with E-state index in [9.17, 15) is 9.59 Å². The third-order valence-electron chi connectivity index (χ3n) is 3.87. The predicted octanol–water partition coefficient (Wildman–Crippen LogP) is 4.01. The molecule has 1 N–H and O–H groups in total. The minimum atomic E-state index is -0.311. The van der Waals surface area contributed by atoms with Crippen LogP contribution in [0.2, 0.25) is 0 Å². The third kappa shape index (κ3) is 4.72. The van der Waals surface area contributed by atoms with Crippen molar-refractivity contribution in [1.29, 1.82) is 0 Å². The van der Waals surface area contributed by atoms with E-state index < -0.39 is 0 Å². The first-order valence-electron chi connectivity index (χ1n) is 8.25. The highest BCUT2D eigenvalue weighted by atomic mass is 32.1. The molecule has 0 aliphatic carbocycles. The average Bonchev–Trinajstić information content (AvgIpc) is 3.31. The van der Waals surface area contributed by atoms with Gasteiger partial charge in [-0.15, -0.1) is 22.7 Å². The normalized spacial score (nSPS) is 11.8. The lowest BCUT2D eigenvalue weighted by molar-refractivity contribution is -0.119. The average molecular weight is 399 g/mol. The van der Waals surface area contributed by atoms with Crippen LogP contribution in [0.1, 0.15) is 27.7 Å². The Kier molecular flexibility index (Phi) is 5.88. The van der Waals surface area contributed by atoms with Gasteiger partial charge in [-0.2, -0.15) is 0 Å². The molecular weight excluding hydrogens is 380 g/mol. The van der Waals surface area contributed by atoms with Gasteiger partial charge < -0.3 is 5.32 Å². The fraction of sp³-hybridized carbons (Fsp3) is 0.211. The Morgan fingerprint density at radius 3 is 2.74 bits per heavy atom. The Balaban J connectivity index is 1.69. The van der Waals surface area contributed by atoms with Crippen molar-refractivity contribution < 1.29 is 9.59 Å². The smallest absolute Gasteiger partial charge is 0.248 e. The van der Waals surface area contributed by atoms with Crippen molar-refractivity contribution in [2.75, 3.05) is 5.32 Å². The Morgan fingerprint density at radius 2 is 2.11 bits per heavy atom. The molecule has 3 rings (SSSR count). The number of carbonyl (C=O) groups excluding carboxylic acids is 2. The fourth-order valence-corrected chi connectivity index (χ4v) is 4.04. The Bertz CT molecular complexity index is 976. The van der Waals surface area contributed by atoms with Crippen molar-refractivity contribution in [2.45, 2.75) is 26.2 Å². The molecule has 3 aromatic heterocycles. The first-order chi connectivity index (χ1) is 13.0. The van der Waals surface area contributed by atoms with E-state index in [-0.39, 0.29) is 17.6 Å². The van der Waals surface area contributed by atoms with Crippen LogP contribution in [0.5, 0.6) is 0 Å². The summed E-state index contributed by atoms with van der Waals surface area (Å²) in [5, 5.41) is 6.11. The van der Waals surface area contributed by atoms with Crippen LogP contribution in [0.15, 0.2) is 42.6 Å². The first-order valence-corrected chi connectivity index (χ1v) is 9.95. The van der Waals surface area contributed by atoms with Crippen molar-refractivity contribution in [2.24, 2.45) is 0 Å². The highest BCUT2D eigenvalue weighted by molar-refractivity contribution is 7.11. The molecule has 0 bridgehead atoms. The number of hydrogen-bond donors (Lipinski definition) is 1. The maximum absolute atomic E-state index is 12.5. The van der Waals surface area contributed by atoms with Gasteiger partial charge in [0.2, 0.25) is 5.91 Å². The van der Waals surface area contributed by atoms with Gasteiger partial charge in [0.05, 0.1) is 18.0 Å². The maximum Gasteiger partial charge on any atom is 0.248 e. The van der Waals surface area contributed by atoms with Gasteiger partial charge in [0.1, 0.15) is 21.6 Å². The molecule has 3 aromatic rings. The summed E-state index contributed by atoms with van der Waals surface area (Å²) in [6.07, 6.45) is 4.94. The lowest BCUT2D eigenvalue weighted by atomic mass is 10.1. The Morgan fingerprint density at radius 1 is 1.30 bits per heavy atom. The minimum absolute atomic E-state index is 0.103. The molecule has 0 spiro atoms. The first kappa shape index (κ1) is 19.1. The van der Waals surface area contributed by atoms with Gasteiger partial charge in [0.15, 0.2) is 0 Å². The van der Waals surface area contributed by atoms with Gasteiger partial charge in [0.25, 0.3) is 0 Å². The van der Waals surface area contributed by atoms with Gasteiger partial charge in [-0.25, -0.2) is 15.0 Å². The molecule has 1 atom stereocenters. The van der Waals surface area contributed by atoms with Crippen LogP contribution >= 0.6 is 22.7 Å². The zero-order valence-electron chi connectivity index (χ0n) is 14.9. The number of Topliss-reactive ketones (excluding diaryl/α,β-unsaturated/α-hetero) is 1. The number of ketones is 1. The fourth-order valence-electron chi connectivity index (χ4n) is 2.34. The number of nitrogens with one attached hydrogen (secondary N) is 1. The molecule has 0 aliphatic heterocycles. The molecule has 6 nitrogen and oxygen atoms in total. The van der Waals surface area contributed by atoms with Gasteiger partial charge in [0, 0.05) is 28.2 Å². The second-order valence-electron chi connectivity index (χ2n) is 5.93. The maximum atomic E-state index is 12.5. The summed E-state index contributed by atoms with van der Waals surface area (Å²) < 4.78 is 0. The van der Waals surface area contributed by atoms with E-state index in [4.69, 9.17) is 0 Å². The second kappa shape index (κ2) is 8.32. The highest BCUT2D eigenvalue weighted by Gasteiger charge is 2.20. The van der Waals surface area contributed by atoms with E-state index in [1.165, 1.54) is 17.4 Å². The van der Waals surface area contributed by atoms with Crippen molar-refractivity contribution in [1.82, 2.24) is 15.0 Å². The summed E-state index contributed by atoms with van der Waals surface area (Å²) in [4.78, 5) is 38.0. The van der Waals surface area contributed by atoms with Gasteiger partial charge in [-0.1, -0.05) is 6.58 Å². The lowest BCUT2D eigenvalue weighted by Crippen LogP contribution is -2.11. The number of anilines is 1. The SMILES string of the molecule is C=CC(=O)Nc1ccc(-c2csc(C(C)C(=O)Cc3ncc(C)s3)n2)cn1. The molecule has 0 fully saturated rings. The molecule has 0 aromatic carbocycles. The molecule has 138 valence electrons. The molecule has 0 saturated heterocycles. The van der Waals surface area contributed by atoms with Crippen molar-refractivity contribution in [3.05, 3.63) is 57.5 Å².